The predicted octanol–water partition coefficient (Wildman–Crippen LogP) is 11.6. The summed E-state index contributed by atoms with van der Waals surface area (Å²) in [6.45, 7) is 23.4. The Bertz CT molecular complexity index is 1330. The molecular weight excluding hydrogens is 599 g/mol. The number of hydrogen-bond acceptors (Lipinski definition) is 0. The van der Waals surface area contributed by atoms with Crippen molar-refractivity contribution in [2.24, 2.45) is 0 Å². The summed E-state index contributed by atoms with van der Waals surface area (Å²) in [5.41, 5.74) is 16.4. The van der Waals surface area contributed by atoms with Crippen molar-refractivity contribution in [2.75, 3.05) is 0 Å². The quantitative estimate of drug-likeness (QED) is 0.250. The molecule has 0 saturated carbocycles. The molecule has 0 radical (unpaired) electrons. The first-order chi connectivity index (χ1) is 17.8. The Morgan fingerprint density at radius 1 is 0.658 bits per heavy atom. The second-order valence-corrected chi connectivity index (χ2v) is 51.3. The van der Waals surface area contributed by atoms with Crippen LogP contribution in [0.25, 0.3) is 11.1 Å². The standard InChI is InChI=1S/2C16H21.C2H6Si.2ClH.Zr/c2*1-5-6-7-14-9-8-11(2)15-10-12(3)13(4)16(14)15;1-3-2;;;/h2*8-10H,5-7H2,1-4H3;1-2H3;2*1H;/q;;;;;+2/p-2. The van der Waals surface area contributed by atoms with Gasteiger partial charge in [-0.2, -0.15) is 0 Å². The number of fused-ring (bicyclic) bond motifs is 2. The van der Waals surface area contributed by atoms with Gasteiger partial charge in [0.15, 0.2) is 0 Å². The molecule has 0 aliphatic heterocycles. The molecule has 0 saturated heterocycles. The molecule has 0 fully saturated rings. The zero-order valence-electron chi connectivity index (χ0n) is 25.5. The fourth-order valence-corrected chi connectivity index (χ4v) is 38.3. The number of allylic oxidation sites excluding steroid dienone is 4. The number of benzene rings is 2. The monoisotopic (exact) mass is 644 g/mol. The minimum atomic E-state index is -4.69. The van der Waals surface area contributed by atoms with Gasteiger partial charge in [-0.25, -0.2) is 0 Å². The van der Waals surface area contributed by atoms with Crippen molar-refractivity contribution < 1.29 is 15.0 Å². The van der Waals surface area contributed by atoms with Crippen LogP contribution in [0.3, 0.4) is 0 Å². The SMILES string of the molecule is CCCCc1ccc(C)c2c1C(C)=C(C)[CH]2[Zr]([Cl])([Cl])([CH]1C(C)=C(C)c2c(CCCC)ccc(C)c21)=[Si](C)C. The van der Waals surface area contributed by atoms with Crippen LogP contribution in [-0.2, 0) is 27.9 Å². The Labute approximate surface area is 241 Å². The first-order valence-electron chi connectivity index (χ1n) is 14.8. The van der Waals surface area contributed by atoms with Crippen molar-refractivity contribution in [2.45, 2.75) is 114 Å². The van der Waals surface area contributed by atoms with Crippen LogP contribution in [-0.4, -0.2) is 5.43 Å². The van der Waals surface area contributed by atoms with Gasteiger partial charge in [-0.15, -0.1) is 0 Å². The van der Waals surface area contributed by atoms with Gasteiger partial charge in [-0.3, -0.25) is 0 Å². The van der Waals surface area contributed by atoms with E-state index in [0.29, 0.717) is 0 Å². The van der Waals surface area contributed by atoms with Crippen molar-refractivity contribution in [3.8, 4) is 0 Å². The summed E-state index contributed by atoms with van der Waals surface area (Å²) in [6, 6.07) is 9.47. The molecule has 0 aromatic heterocycles. The van der Waals surface area contributed by atoms with Crippen LogP contribution in [0, 0.1) is 13.8 Å². The molecular formula is C34H48Cl2SiZr. The van der Waals surface area contributed by atoms with Crippen LogP contribution in [0.2, 0.25) is 13.1 Å². The van der Waals surface area contributed by atoms with Gasteiger partial charge in [0.25, 0.3) is 0 Å². The molecule has 38 heavy (non-hydrogen) atoms. The van der Waals surface area contributed by atoms with Crippen LogP contribution in [0.1, 0.15) is 119 Å². The van der Waals surface area contributed by atoms with E-state index < -0.39 is 20.4 Å². The number of rotatable bonds is 8. The predicted molar refractivity (Wildman–Crippen MR) is 171 cm³/mol. The van der Waals surface area contributed by atoms with Gasteiger partial charge >= 0.3 is 243 Å². The van der Waals surface area contributed by atoms with Crippen molar-refractivity contribution in [3.05, 3.63) is 79.9 Å². The van der Waals surface area contributed by atoms with E-state index in [0.717, 1.165) is 12.8 Å². The zero-order valence-corrected chi connectivity index (χ0v) is 30.4. The van der Waals surface area contributed by atoms with Crippen LogP contribution in [0.4, 0.5) is 0 Å². The Morgan fingerprint density at radius 3 is 1.34 bits per heavy atom. The Hall–Kier alpha value is -0.400. The Balaban J connectivity index is 2.08. The summed E-state index contributed by atoms with van der Waals surface area (Å²) in [7, 11) is 17.1. The summed E-state index contributed by atoms with van der Waals surface area (Å²) in [6.07, 6.45) is 7.12. The molecule has 2 unspecified atom stereocenters. The normalized spacial score (nSPS) is 19.4. The first kappa shape index (κ1) is 30.6. The van der Waals surface area contributed by atoms with Crippen LogP contribution in [0.5, 0.6) is 0 Å². The fraction of sp³-hybridized carbons (Fsp3) is 0.529. The van der Waals surface area contributed by atoms with E-state index in [1.165, 1.54) is 92.5 Å². The van der Waals surface area contributed by atoms with E-state index in [1.54, 1.807) is 0 Å². The summed E-state index contributed by atoms with van der Waals surface area (Å²) < 4.78 is 0.357. The van der Waals surface area contributed by atoms with Gasteiger partial charge in [-0.1, -0.05) is 0 Å². The van der Waals surface area contributed by atoms with Crippen molar-refractivity contribution in [1.29, 1.82) is 0 Å². The summed E-state index contributed by atoms with van der Waals surface area (Å²) >= 11 is -4.69. The number of aryl methyl sites for hydroxylation is 4. The zero-order chi connectivity index (χ0) is 28.2. The summed E-state index contributed by atoms with van der Waals surface area (Å²) in [4.78, 5) is 0. The molecule has 0 bridgehead atoms. The molecule has 0 heterocycles. The van der Waals surface area contributed by atoms with Crippen molar-refractivity contribution in [1.82, 2.24) is 0 Å². The van der Waals surface area contributed by atoms with Gasteiger partial charge in [0.2, 0.25) is 0 Å². The molecule has 206 valence electrons. The molecule has 0 spiro atoms. The van der Waals surface area contributed by atoms with Gasteiger partial charge < -0.3 is 0 Å². The van der Waals surface area contributed by atoms with Crippen molar-refractivity contribution >= 4 is 33.6 Å². The van der Waals surface area contributed by atoms with E-state index >= 15 is 0 Å². The van der Waals surface area contributed by atoms with E-state index in [1.807, 2.05) is 0 Å². The van der Waals surface area contributed by atoms with E-state index in [4.69, 9.17) is 17.0 Å². The average Bonchev–Trinajstić information content (AvgIpc) is 3.31. The van der Waals surface area contributed by atoms with Crippen molar-refractivity contribution in [3.63, 3.8) is 0 Å². The Morgan fingerprint density at radius 2 is 1.03 bits per heavy atom. The third-order valence-electron chi connectivity index (χ3n) is 10.1. The minimum absolute atomic E-state index is 0.178. The first-order valence-corrected chi connectivity index (χ1v) is 30.2. The average molecular weight is 647 g/mol. The number of halogens is 2. The van der Waals surface area contributed by atoms with E-state index in [2.05, 4.69) is 92.7 Å². The Kier molecular flexibility index (Phi) is 8.94. The van der Waals surface area contributed by atoms with E-state index in [-0.39, 0.29) is 7.25 Å². The van der Waals surface area contributed by atoms with Crippen LogP contribution >= 0.6 is 17.0 Å². The summed E-state index contributed by atoms with van der Waals surface area (Å²) in [5.74, 6) is 0. The van der Waals surface area contributed by atoms with Gasteiger partial charge in [0.1, 0.15) is 0 Å². The molecule has 2 aromatic rings. The van der Waals surface area contributed by atoms with Crippen LogP contribution < -0.4 is 0 Å². The third kappa shape index (κ3) is 4.47. The van der Waals surface area contributed by atoms with Crippen LogP contribution in [0.15, 0.2) is 35.4 Å². The molecule has 2 atom stereocenters. The molecule has 0 nitrogen and oxygen atoms in total. The topological polar surface area (TPSA) is 0 Å². The van der Waals surface area contributed by atoms with Gasteiger partial charge in [0, 0.05) is 0 Å². The number of hydrogen-bond donors (Lipinski definition) is 0. The molecule has 2 aromatic carbocycles. The molecule has 0 N–H and O–H groups in total. The number of unbranched alkanes of at least 4 members (excludes halogenated alkanes) is 2. The molecule has 2 aliphatic rings. The third-order valence-corrected chi connectivity index (χ3v) is 56.8. The molecule has 2 aliphatic carbocycles. The molecule has 4 heteroatoms. The second kappa shape index (κ2) is 11.1. The molecule has 4 rings (SSSR count). The molecule has 0 amide bonds. The fourth-order valence-electron chi connectivity index (χ4n) is 7.65. The summed E-state index contributed by atoms with van der Waals surface area (Å²) in [5, 5.41) is 0. The van der Waals surface area contributed by atoms with Gasteiger partial charge in [-0.05, 0) is 0 Å². The van der Waals surface area contributed by atoms with E-state index in [9.17, 15) is 0 Å². The maximum absolute atomic E-state index is 8.53. The van der Waals surface area contributed by atoms with Gasteiger partial charge in [0.05, 0.1) is 0 Å². The second-order valence-electron chi connectivity index (χ2n) is 12.5. The maximum atomic E-state index is 8.53.